The van der Waals surface area contributed by atoms with Gasteiger partial charge in [0, 0.05) is 44.5 Å². The molecule has 0 saturated carbocycles. The third-order valence-electron chi connectivity index (χ3n) is 6.49. The monoisotopic (exact) mass is 435 g/mol. The van der Waals surface area contributed by atoms with Gasteiger partial charge in [-0.1, -0.05) is 13.3 Å². The van der Waals surface area contributed by atoms with Gasteiger partial charge in [0.15, 0.2) is 5.65 Å². The van der Waals surface area contributed by atoms with Crippen molar-refractivity contribution in [3.63, 3.8) is 0 Å². The van der Waals surface area contributed by atoms with Crippen LogP contribution in [0.5, 0.6) is 0 Å². The number of aryl methyl sites for hydroxylation is 3. The highest BCUT2D eigenvalue weighted by atomic mass is 16.5. The van der Waals surface area contributed by atoms with Crippen LogP contribution in [0.2, 0.25) is 0 Å². The molecule has 5 heterocycles. The number of anilines is 2. The van der Waals surface area contributed by atoms with Crippen LogP contribution in [-0.2, 0) is 11.2 Å². The summed E-state index contributed by atoms with van der Waals surface area (Å²) in [6, 6.07) is 4.59. The predicted octanol–water partition coefficient (Wildman–Crippen LogP) is 3.95. The summed E-state index contributed by atoms with van der Waals surface area (Å²) in [6.45, 7) is 9.94. The highest BCUT2D eigenvalue weighted by Crippen LogP contribution is 2.28. The van der Waals surface area contributed by atoms with Crippen LogP contribution < -0.4 is 10.2 Å². The predicted molar refractivity (Wildman–Crippen MR) is 126 cm³/mol. The van der Waals surface area contributed by atoms with E-state index in [1.807, 2.05) is 18.4 Å². The fraction of sp³-hybridized carbons (Fsp3) is 0.583. The second-order valence-corrected chi connectivity index (χ2v) is 8.96. The lowest BCUT2D eigenvalue weighted by atomic mass is 10.1. The molecule has 0 aromatic carbocycles. The van der Waals surface area contributed by atoms with Gasteiger partial charge in [0.1, 0.15) is 23.0 Å². The molecule has 3 aromatic rings. The second-order valence-electron chi connectivity index (χ2n) is 8.96. The molecule has 3 aromatic heterocycles. The third-order valence-corrected chi connectivity index (χ3v) is 6.49. The van der Waals surface area contributed by atoms with E-state index in [0.717, 1.165) is 97.7 Å². The zero-order valence-corrected chi connectivity index (χ0v) is 19.4. The first-order valence-corrected chi connectivity index (χ1v) is 12.0. The zero-order chi connectivity index (χ0) is 22.1. The second kappa shape index (κ2) is 9.02. The number of aromatic nitrogens is 5. The van der Waals surface area contributed by atoms with Crippen molar-refractivity contribution in [2.75, 3.05) is 36.5 Å². The average molecular weight is 436 g/mol. The molecule has 32 heavy (non-hydrogen) atoms. The number of hydrogen-bond acceptors (Lipinski definition) is 7. The number of rotatable bonds is 6. The SMILES string of the molecule is CCCc1nc(-c2cc3nc(N4CCCC4)cc(NC4CCOCC4)n3n2)c(C)nc1C. The van der Waals surface area contributed by atoms with Gasteiger partial charge in [-0.3, -0.25) is 4.98 Å². The van der Waals surface area contributed by atoms with E-state index in [9.17, 15) is 0 Å². The van der Waals surface area contributed by atoms with Crippen molar-refractivity contribution in [3.05, 3.63) is 29.2 Å². The summed E-state index contributed by atoms with van der Waals surface area (Å²) in [5.41, 5.74) is 5.49. The van der Waals surface area contributed by atoms with Crippen LogP contribution in [0.3, 0.4) is 0 Å². The molecular weight excluding hydrogens is 402 g/mol. The Labute approximate surface area is 189 Å². The number of nitrogens with zero attached hydrogens (tertiary/aromatic N) is 6. The van der Waals surface area contributed by atoms with Crippen molar-refractivity contribution >= 4 is 17.3 Å². The van der Waals surface area contributed by atoms with E-state index in [2.05, 4.69) is 29.3 Å². The molecule has 0 aliphatic carbocycles. The van der Waals surface area contributed by atoms with Gasteiger partial charge in [-0.2, -0.15) is 9.61 Å². The van der Waals surface area contributed by atoms with Crippen LogP contribution in [0, 0.1) is 13.8 Å². The Morgan fingerprint density at radius 3 is 2.56 bits per heavy atom. The van der Waals surface area contributed by atoms with Gasteiger partial charge in [0.2, 0.25) is 0 Å². The van der Waals surface area contributed by atoms with Crippen molar-refractivity contribution < 1.29 is 4.74 Å². The van der Waals surface area contributed by atoms with Gasteiger partial charge in [-0.25, -0.2) is 9.97 Å². The largest absolute Gasteiger partial charge is 0.381 e. The van der Waals surface area contributed by atoms with Crippen LogP contribution in [0.1, 0.15) is 56.1 Å². The van der Waals surface area contributed by atoms with Crippen LogP contribution >= 0.6 is 0 Å². The van der Waals surface area contributed by atoms with E-state index in [4.69, 9.17) is 24.8 Å². The molecule has 2 saturated heterocycles. The van der Waals surface area contributed by atoms with E-state index in [0.29, 0.717) is 6.04 Å². The molecule has 8 heteroatoms. The standard InChI is InChI=1S/C24H33N7O/c1-4-7-19-16(2)25-17(3)24(27-19)20-14-22-28-21(30-10-5-6-11-30)15-23(31(22)29-20)26-18-8-12-32-13-9-18/h14-15,18,26H,4-13H2,1-3H3. The Kier molecular flexibility index (Phi) is 5.95. The van der Waals surface area contributed by atoms with Gasteiger partial charge in [0.05, 0.1) is 17.1 Å². The van der Waals surface area contributed by atoms with Crippen molar-refractivity contribution in [2.45, 2.75) is 65.3 Å². The number of nitrogens with one attached hydrogen (secondary N) is 1. The van der Waals surface area contributed by atoms with E-state index in [-0.39, 0.29) is 0 Å². The first-order valence-electron chi connectivity index (χ1n) is 12.0. The van der Waals surface area contributed by atoms with Crippen LogP contribution in [0.25, 0.3) is 17.0 Å². The summed E-state index contributed by atoms with van der Waals surface area (Å²) < 4.78 is 7.48. The minimum absolute atomic E-state index is 0.380. The Balaban J connectivity index is 1.58. The van der Waals surface area contributed by atoms with E-state index >= 15 is 0 Å². The molecule has 170 valence electrons. The summed E-state index contributed by atoms with van der Waals surface area (Å²) in [4.78, 5) is 17.1. The van der Waals surface area contributed by atoms with Gasteiger partial charge in [-0.05, 0) is 46.0 Å². The van der Waals surface area contributed by atoms with Crippen molar-refractivity contribution in [1.29, 1.82) is 0 Å². The van der Waals surface area contributed by atoms with Crippen molar-refractivity contribution in [1.82, 2.24) is 24.6 Å². The molecular formula is C24H33N7O. The smallest absolute Gasteiger partial charge is 0.160 e. The maximum Gasteiger partial charge on any atom is 0.160 e. The first kappa shape index (κ1) is 21.1. The Hall–Kier alpha value is -2.74. The molecule has 0 spiro atoms. The maximum atomic E-state index is 5.55. The fourth-order valence-electron chi connectivity index (χ4n) is 4.72. The molecule has 5 rings (SSSR count). The minimum atomic E-state index is 0.380. The minimum Gasteiger partial charge on any atom is -0.381 e. The molecule has 0 atom stereocenters. The van der Waals surface area contributed by atoms with Gasteiger partial charge in [-0.15, -0.1) is 0 Å². The average Bonchev–Trinajstić information content (AvgIpc) is 3.46. The molecule has 2 aliphatic rings. The summed E-state index contributed by atoms with van der Waals surface area (Å²) in [5.74, 6) is 2.01. The first-order chi connectivity index (χ1) is 15.6. The number of ether oxygens (including phenoxy) is 1. The highest BCUT2D eigenvalue weighted by molar-refractivity contribution is 5.67. The van der Waals surface area contributed by atoms with Crippen LogP contribution in [0.15, 0.2) is 12.1 Å². The summed E-state index contributed by atoms with van der Waals surface area (Å²) in [6.07, 6.45) is 6.41. The van der Waals surface area contributed by atoms with Gasteiger partial charge < -0.3 is 15.0 Å². The molecule has 8 nitrogen and oxygen atoms in total. The van der Waals surface area contributed by atoms with Crippen molar-refractivity contribution in [3.8, 4) is 11.4 Å². The molecule has 2 fully saturated rings. The topological polar surface area (TPSA) is 80.5 Å². The lowest BCUT2D eigenvalue weighted by Crippen LogP contribution is -2.29. The van der Waals surface area contributed by atoms with Gasteiger partial charge >= 0.3 is 0 Å². The number of fused-ring (bicyclic) bond motifs is 1. The zero-order valence-electron chi connectivity index (χ0n) is 19.4. The third kappa shape index (κ3) is 4.16. The van der Waals surface area contributed by atoms with E-state index in [1.54, 1.807) is 0 Å². The quantitative estimate of drug-likeness (QED) is 0.628. The summed E-state index contributed by atoms with van der Waals surface area (Å²) in [7, 11) is 0. The molecule has 0 unspecified atom stereocenters. The lowest BCUT2D eigenvalue weighted by molar-refractivity contribution is 0.0903. The molecule has 1 N–H and O–H groups in total. The molecule has 0 bridgehead atoms. The van der Waals surface area contributed by atoms with E-state index in [1.165, 1.54) is 12.8 Å². The van der Waals surface area contributed by atoms with Crippen molar-refractivity contribution in [2.24, 2.45) is 0 Å². The highest BCUT2D eigenvalue weighted by Gasteiger charge is 2.21. The Morgan fingerprint density at radius 2 is 1.81 bits per heavy atom. The van der Waals surface area contributed by atoms with Crippen LogP contribution in [0.4, 0.5) is 11.6 Å². The summed E-state index contributed by atoms with van der Waals surface area (Å²) >= 11 is 0. The Morgan fingerprint density at radius 1 is 1.03 bits per heavy atom. The molecule has 2 aliphatic heterocycles. The van der Waals surface area contributed by atoms with Gasteiger partial charge in [0.25, 0.3) is 0 Å². The van der Waals surface area contributed by atoms with Crippen LogP contribution in [-0.4, -0.2) is 56.9 Å². The fourth-order valence-corrected chi connectivity index (χ4v) is 4.72. The number of hydrogen-bond donors (Lipinski definition) is 1. The lowest BCUT2D eigenvalue weighted by Gasteiger charge is -2.25. The molecule has 0 radical (unpaired) electrons. The Bertz CT molecular complexity index is 1100. The molecule has 0 amide bonds. The maximum absolute atomic E-state index is 5.55. The summed E-state index contributed by atoms with van der Waals surface area (Å²) in [5, 5.41) is 8.67. The normalized spacial score (nSPS) is 17.4. The van der Waals surface area contributed by atoms with E-state index < -0.39 is 0 Å².